The van der Waals surface area contributed by atoms with Crippen LogP contribution in [0, 0.1) is 0 Å². The van der Waals surface area contributed by atoms with E-state index in [-0.39, 0.29) is 24.6 Å². The Hall–Kier alpha value is -4.54. The van der Waals surface area contributed by atoms with Crippen LogP contribution >= 0.6 is 0 Å². The summed E-state index contributed by atoms with van der Waals surface area (Å²) in [6.07, 6.45) is 11.0. The Labute approximate surface area is 209 Å². The molecule has 1 aliphatic heterocycles. The molecule has 1 N–H and O–H groups in total. The molecule has 1 aliphatic rings. The normalized spacial score (nSPS) is 14.5. The van der Waals surface area contributed by atoms with Crippen molar-refractivity contribution in [2.45, 2.75) is 6.92 Å². The minimum absolute atomic E-state index is 0.149. The number of fused-ring (bicyclic) bond motifs is 1. The van der Waals surface area contributed by atoms with Gasteiger partial charge in [0.05, 0.1) is 29.8 Å². The molecular weight excluding hydrogens is 462 g/mol. The van der Waals surface area contributed by atoms with Gasteiger partial charge < -0.3 is 19.5 Å². The fourth-order valence-electron chi connectivity index (χ4n) is 3.94. The molecule has 0 bridgehead atoms. The molecule has 0 unspecified atom stereocenters. The van der Waals surface area contributed by atoms with Crippen molar-refractivity contribution in [2.75, 3.05) is 45.3 Å². The summed E-state index contributed by atoms with van der Waals surface area (Å²) in [6.45, 7) is 10.1. The number of hydrogen-bond acceptors (Lipinski definition) is 7. The van der Waals surface area contributed by atoms with E-state index in [2.05, 4.69) is 33.4 Å². The third kappa shape index (κ3) is 5.09. The number of ether oxygens (including phenoxy) is 1. The topological polar surface area (TPSA) is 124 Å². The lowest BCUT2D eigenvalue weighted by Crippen LogP contribution is -2.52. The number of amides is 2. The van der Waals surface area contributed by atoms with E-state index in [4.69, 9.17) is 4.74 Å². The van der Waals surface area contributed by atoms with Crippen molar-refractivity contribution in [2.24, 2.45) is 10.1 Å². The monoisotopic (exact) mass is 491 g/mol. The zero-order valence-corrected chi connectivity index (χ0v) is 20.6. The first-order valence-electron chi connectivity index (χ1n) is 11.2. The molecule has 2 aromatic heterocycles. The van der Waals surface area contributed by atoms with Crippen molar-refractivity contribution in [3.63, 3.8) is 0 Å². The number of nitrogens with zero attached hydrogens (tertiary/aromatic N) is 6. The maximum atomic E-state index is 13.3. The molecule has 36 heavy (non-hydrogen) atoms. The minimum atomic E-state index is -0.695. The predicted octanol–water partition coefficient (Wildman–Crippen LogP) is 2.19. The Kier molecular flexibility index (Phi) is 8.50. The van der Waals surface area contributed by atoms with Crippen LogP contribution in [-0.4, -0.2) is 90.8 Å². The van der Waals surface area contributed by atoms with Crippen molar-refractivity contribution in [3.05, 3.63) is 54.4 Å². The van der Waals surface area contributed by atoms with E-state index in [1.807, 2.05) is 6.92 Å². The standard InChI is InChI=1S/C25H29N7O4/c1-6-8-17(9-7-2)24(34)30-10-12-31(13-11-30)25(35)22(33)18-14-28-21-20(18)19(36-5)15-29-23(21)32(27-4)16-26-3/h6-9,14-16,28H,1,4,10-13H2,2-3,5H3/b9-7-,17-8+,26-16?. The molecule has 0 atom stereocenters. The van der Waals surface area contributed by atoms with Gasteiger partial charge in [-0.2, -0.15) is 5.10 Å². The van der Waals surface area contributed by atoms with E-state index in [1.54, 1.807) is 36.3 Å². The summed E-state index contributed by atoms with van der Waals surface area (Å²) in [5, 5.41) is 5.62. The molecule has 0 aliphatic carbocycles. The molecule has 1 fully saturated rings. The van der Waals surface area contributed by atoms with E-state index in [0.29, 0.717) is 41.1 Å². The van der Waals surface area contributed by atoms with Gasteiger partial charge in [-0.1, -0.05) is 30.9 Å². The van der Waals surface area contributed by atoms with Gasteiger partial charge >= 0.3 is 0 Å². The Morgan fingerprint density at radius 3 is 2.42 bits per heavy atom. The number of Topliss-reactive ketones (excluding diaryl/α,β-unsaturated/α-hetero) is 1. The highest BCUT2D eigenvalue weighted by atomic mass is 16.5. The van der Waals surface area contributed by atoms with Crippen LogP contribution < -0.4 is 9.75 Å². The number of methoxy groups -OCH3 is 1. The van der Waals surface area contributed by atoms with Gasteiger partial charge in [-0.25, -0.2) is 9.99 Å². The number of allylic oxidation sites excluding steroid dienone is 3. The van der Waals surface area contributed by atoms with Crippen LogP contribution in [0.25, 0.3) is 10.9 Å². The second-order valence-electron chi connectivity index (χ2n) is 7.73. The van der Waals surface area contributed by atoms with Crippen LogP contribution in [0.3, 0.4) is 0 Å². The largest absolute Gasteiger partial charge is 0.494 e. The third-order valence-corrected chi connectivity index (χ3v) is 5.65. The van der Waals surface area contributed by atoms with Crippen LogP contribution in [0.1, 0.15) is 17.3 Å². The lowest BCUT2D eigenvalue weighted by Gasteiger charge is -2.34. The first kappa shape index (κ1) is 26.1. The highest BCUT2D eigenvalue weighted by molar-refractivity contribution is 6.45. The maximum Gasteiger partial charge on any atom is 0.295 e. The number of pyridine rings is 1. The zero-order valence-electron chi connectivity index (χ0n) is 20.6. The van der Waals surface area contributed by atoms with E-state index in [0.717, 1.165) is 0 Å². The average molecular weight is 492 g/mol. The van der Waals surface area contributed by atoms with Crippen LogP contribution in [0.2, 0.25) is 0 Å². The SMILES string of the molecule is C=C/C=C(\C=C/C)C(=O)N1CCN(C(=O)C(=O)c2c[nH]c3c(N(C=NC)N=C)ncc(OC)c23)CC1. The number of H-pyrrole nitrogens is 1. The summed E-state index contributed by atoms with van der Waals surface area (Å²) in [6, 6.07) is 0. The van der Waals surface area contributed by atoms with Crippen LogP contribution in [0.5, 0.6) is 5.75 Å². The molecule has 0 aromatic carbocycles. The van der Waals surface area contributed by atoms with Gasteiger partial charge in [0.1, 0.15) is 12.1 Å². The first-order valence-corrected chi connectivity index (χ1v) is 11.2. The summed E-state index contributed by atoms with van der Waals surface area (Å²) in [4.78, 5) is 53.6. The smallest absolute Gasteiger partial charge is 0.295 e. The molecule has 0 saturated carbocycles. The van der Waals surface area contributed by atoms with Gasteiger partial charge in [-0.05, 0) is 6.92 Å². The lowest BCUT2D eigenvalue weighted by molar-refractivity contribution is -0.134. The number of nitrogens with one attached hydrogen (secondary N) is 1. The fraction of sp³-hybridized carbons (Fsp3) is 0.280. The number of carbonyl (C=O) groups is 3. The highest BCUT2D eigenvalue weighted by Gasteiger charge is 2.31. The first-order chi connectivity index (χ1) is 17.4. The maximum absolute atomic E-state index is 13.3. The molecule has 188 valence electrons. The van der Waals surface area contributed by atoms with Gasteiger partial charge in [-0.15, -0.1) is 0 Å². The average Bonchev–Trinajstić information content (AvgIpc) is 3.35. The van der Waals surface area contributed by atoms with E-state index in [9.17, 15) is 14.4 Å². The quantitative estimate of drug-likeness (QED) is 0.109. The van der Waals surface area contributed by atoms with Gasteiger partial charge in [-0.3, -0.25) is 19.4 Å². The Balaban J connectivity index is 1.83. The number of hydrazone groups is 1. The van der Waals surface area contributed by atoms with Crippen LogP contribution in [0.15, 0.2) is 58.9 Å². The molecule has 3 heterocycles. The molecule has 1 saturated heterocycles. The molecule has 0 spiro atoms. The highest BCUT2D eigenvalue weighted by Crippen LogP contribution is 2.34. The van der Waals surface area contributed by atoms with Crippen molar-refractivity contribution >= 4 is 47.4 Å². The fourth-order valence-corrected chi connectivity index (χ4v) is 3.94. The zero-order chi connectivity index (χ0) is 26.2. The lowest BCUT2D eigenvalue weighted by atomic mass is 10.1. The number of aliphatic imine (C=N–C) groups is 1. The van der Waals surface area contributed by atoms with E-state index in [1.165, 1.54) is 35.8 Å². The van der Waals surface area contributed by atoms with Crippen LogP contribution in [0.4, 0.5) is 5.82 Å². The number of carbonyl (C=O) groups excluding carboxylic acids is 3. The second kappa shape index (κ2) is 11.7. The van der Waals surface area contributed by atoms with Crippen molar-refractivity contribution < 1.29 is 19.1 Å². The van der Waals surface area contributed by atoms with Crippen molar-refractivity contribution in [1.29, 1.82) is 0 Å². The number of anilines is 1. The Bertz CT molecular complexity index is 1270. The van der Waals surface area contributed by atoms with Gasteiger partial charge in [0.25, 0.3) is 17.6 Å². The van der Waals surface area contributed by atoms with Crippen LogP contribution in [-0.2, 0) is 9.59 Å². The summed E-state index contributed by atoms with van der Waals surface area (Å²) in [7, 11) is 3.03. The molecule has 3 rings (SSSR count). The third-order valence-electron chi connectivity index (χ3n) is 5.65. The molecule has 11 nitrogen and oxygen atoms in total. The molecule has 0 radical (unpaired) electrons. The second-order valence-corrected chi connectivity index (χ2v) is 7.73. The van der Waals surface area contributed by atoms with Crippen molar-refractivity contribution in [1.82, 2.24) is 19.8 Å². The number of ketones is 1. The van der Waals surface area contributed by atoms with Gasteiger partial charge in [0, 0.05) is 51.7 Å². The summed E-state index contributed by atoms with van der Waals surface area (Å²) in [5.41, 5.74) is 1.10. The molecule has 2 amide bonds. The Morgan fingerprint density at radius 2 is 1.86 bits per heavy atom. The van der Waals surface area contributed by atoms with E-state index >= 15 is 0 Å². The summed E-state index contributed by atoms with van der Waals surface area (Å²) < 4.78 is 5.41. The minimum Gasteiger partial charge on any atom is -0.494 e. The van der Waals surface area contributed by atoms with E-state index < -0.39 is 11.7 Å². The number of rotatable bonds is 9. The number of aromatic amines is 1. The number of aromatic nitrogens is 2. The van der Waals surface area contributed by atoms with Crippen molar-refractivity contribution in [3.8, 4) is 5.75 Å². The molecule has 11 heteroatoms. The predicted molar refractivity (Wildman–Crippen MR) is 140 cm³/mol. The summed E-state index contributed by atoms with van der Waals surface area (Å²) >= 11 is 0. The molecule has 2 aromatic rings. The molecular formula is C25H29N7O4. The van der Waals surface area contributed by atoms with Gasteiger partial charge in [0.15, 0.2) is 5.82 Å². The Morgan fingerprint density at radius 1 is 1.19 bits per heavy atom. The number of piperazine rings is 1. The number of hydrogen-bond donors (Lipinski definition) is 1. The van der Waals surface area contributed by atoms with Gasteiger partial charge in [0.2, 0.25) is 0 Å². The summed E-state index contributed by atoms with van der Waals surface area (Å²) in [5.74, 6) is -0.838.